The van der Waals surface area contributed by atoms with Gasteiger partial charge in [0.05, 0.1) is 5.70 Å². The zero-order valence-electron chi connectivity index (χ0n) is 7.33. The van der Waals surface area contributed by atoms with Crippen LogP contribution in [0, 0.1) is 5.41 Å². The Hall–Kier alpha value is -0.920. The third kappa shape index (κ3) is 2.30. The highest BCUT2D eigenvalue weighted by Crippen LogP contribution is 2.14. The van der Waals surface area contributed by atoms with Crippen molar-refractivity contribution < 1.29 is 0 Å². The summed E-state index contributed by atoms with van der Waals surface area (Å²) in [7, 11) is 0. The molecule has 2 heteroatoms. The van der Waals surface area contributed by atoms with Crippen LogP contribution in [0.25, 0.3) is 0 Å². The van der Waals surface area contributed by atoms with Gasteiger partial charge in [0.25, 0.3) is 0 Å². The van der Waals surface area contributed by atoms with Gasteiger partial charge in [0.15, 0.2) is 0 Å². The minimum absolute atomic E-state index is 0.00736. The average molecular weight is 150 g/mol. The number of allylic oxidation sites excluding steroid dienone is 1. The van der Waals surface area contributed by atoms with Crippen LogP contribution in [-0.2, 0) is 0 Å². The standard InChI is InChI=1S/C9H14N2/c1-4-8-5-10-6-9(2,3)7-11-8/h5-7H,4H2,1-3H3. The van der Waals surface area contributed by atoms with Gasteiger partial charge >= 0.3 is 0 Å². The predicted octanol–water partition coefficient (Wildman–Crippen LogP) is 2.42. The topological polar surface area (TPSA) is 24.7 Å². The minimum Gasteiger partial charge on any atom is -0.266 e. The highest BCUT2D eigenvalue weighted by molar-refractivity contribution is 5.89. The molecule has 0 atom stereocenters. The summed E-state index contributed by atoms with van der Waals surface area (Å²) in [6.45, 7) is 6.26. The molecular weight excluding hydrogens is 136 g/mol. The number of nitrogens with zero attached hydrogens (tertiary/aromatic N) is 2. The molecule has 0 saturated carbocycles. The van der Waals surface area contributed by atoms with Gasteiger partial charge in [-0.05, 0) is 20.3 Å². The Morgan fingerprint density at radius 1 is 1.36 bits per heavy atom. The van der Waals surface area contributed by atoms with Crippen LogP contribution in [0.4, 0.5) is 0 Å². The monoisotopic (exact) mass is 150 g/mol. The van der Waals surface area contributed by atoms with Crippen LogP contribution < -0.4 is 0 Å². The Balaban J connectivity index is 2.83. The Bertz CT molecular complexity index is 222. The number of rotatable bonds is 1. The van der Waals surface area contributed by atoms with Crippen molar-refractivity contribution in [2.75, 3.05) is 0 Å². The van der Waals surface area contributed by atoms with Crippen molar-refractivity contribution in [1.29, 1.82) is 0 Å². The highest BCUT2D eigenvalue weighted by Gasteiger charge is 2.12. The molecule has 0 N–H and O–H groups in total. The molecule has 0 fully saturated rings. The summed E-state index contributed by atoms with van der Waals surface area (Å²) in [5, 5.41) is 0. The first-order valence-electron chi connectivity index (χ1n) is 3.92. The molecule has 0 aliphatic carbocycles. The van der Waals surface area contributed by atoms with Crippen LogP contribution in [0.2, 0.25) is 0 Å². The summed E-state index contributed by atoms with van der Waals surface area (Å²) in [5.41, 5.74) is 1.06. The molecular formula is C9H14N2. The summed E-state index contributed by atoms with van der Waals surface area (Å²) in [5.74, 6) is 0. The maximum absolute atomic E-state index is 4.31. The predicted molar refractivity (Wildman–Crippen MR) is 49.1 cm³/mol. The van der Waals surface area contributed by atoms with Crippen LogP contribution in [0.3, 0.4) is 0 Å². The highest BCUT2D eigenvalue weighted by atomic mass is 14.8. The van der Waals surface area contributed by atoms with E-state index in [4.69, 9.17) is 0 Å². The largest absolute Gasteiger partial charge is 0.266 e. The van der Waals surface area contributed by atoms with E-state index in [9.17, 15) is 0 Å². The van der Waals surface area contributed by atoms with Gasteiger partial charge in [0.2, 0.25) is 0 Å². The normalized spacial score (nSPS) is 21.2. The fraction of sp³-hybridized carbons (Fsp3) is 0.556. The fourth-order valence-electron chi connectivity index (χ4n) is 0.814. The first-order chi connectivity index (χ1) is 5.14. The molecule has 0 aromatic rings. The second kappa shape index (κ2) is 2.99. The Kier molecular flexibility index (Phi) is 2.22. The van der Waals surface area contributed by atoms with Gasteiger partial charge in [-0.2, -0.15) is 0 Å². The van der Waals surface area contributed by atoms with E-state index in [1.54, 1.807) is 0 Å². The van der Waals surface area contributed by atoms with Crippen molar-refractivity contribution in [1.82, 2.24) is 0 Å². The molecule has 1 heterocycles. The summed E-state index contributed by atoms with van der Waals surface area (Å²) < 4.78 is 0. The first kappa shape index (κ1) is 8.18. The molecule has 0 aromatic carbocycles. The van der Waals surface area contributed by atoms with Crippen LogP contribution in [0.1, 0.15) is 27.2 Å². The van der Waals surface area contributed by atoms with Crippen molar-refractivity contribution in [3.8, 4) is 0 Å². The molecule has 60 valence electrons. The van der Waals surface area contributed by atoms with E-state index in [2.05, 4.69) is 30.8 Å². The van der Waals surface area contributed by atoms with Gasteiger partial charge in [-0.3, -0.25) is 9.98 Å². The van der Waals surface area contributed by atoms with Crippen LogP contribution in [0.5, 0.6) is 0 Å². The van der Waals surface area contributed by atoms with E-state index in [1.165, 1.54) is 0 Å². The van der Waals surface area contributed by atoms with Crippen LogP contribution in [-0.4, -0.2) is 12.4 Å². The molecule has 0 aromatic heterocycles. The number of hydrogen-bond donors (Lipinski definition) is 0. The van der Waals surface area contributed by atoms with Crippen molar-refractivity contribution in [2.24, 2.45) is 15.4 Å². The molecule has 0 bridgehead atoms. The maximum atomic E-state index is 4.31. The molecule has 0 radical (unpaired) electrons. The van der Waals surface area contributed by atoms with Crippen molar-refractivity contribution >= 4 is 12.4 Å². The molecule has 0 spiro atoms. The lowest BCUT2D eigenvalue weighted by Crippen LogP contribution is -2.13. The molecule has 0 amide bonds. The lowest BCUT2D eigenvalue weighted by Gasteiger charge is -2.09. The number of aliphatic imine (C=N–C) groups is 2. The molecule has 11 heavy (non-hydrogen) atoms. The lowest BCUT2D eigenvalue weighted by molar-refractivity contribution is 0.766. The van der Waals surface area contributed by atoms with Crippen LogP contribution in [0.15, 0.2) is 21.9 Å². The van der Waals surface area contributed by atoms with E-state index in [1.807, 2.05) is 18.6 Å². The summed E-state index contributed by atoms with van der Waals surface area (Å²) >= 11 is 0. The number of hydrogen-bond acceptors (Lipinski definition) is 2. The Morgan fingerprint density at radius 2 is 2.09 bits per heavy atom. The SMILES string of the molecule is CCC1=CN=CC(C)(C)C=N1. The zero-order chi connectivity index (χ0) is 8.32. The maximum Gasteiger partial charge on any atom is 0.0579 e. The Morgan fingerprint density at radius 3 is 2.73 bits per heavy atom. The zero-order valence-corrected chi connectivity index (χ0v) is 7.33. The van der Waals surface area contributed by atoms with E-state index in [0.29, 0.717) is 0 Å². The van der Waals surface area contributed by atoms with Crippen molar-refractivity contribution in [2.45, 2.75) is 27.2 Å². The second-order valence-corrected chi connectivity index (χ2v) is 3.33. The van der Waals surface area contributed by atoms with E-state index in [0.717, 1.165) is 12.1 Å². The molecule has 0 unspecified atom stereocenters. The van der Waals surface area contributed by atoms with Crippen LogP contribution >= 0.6 is 0 Å². The Labute approximate surface area is 67.8 Å². The van der Waals surface area contributed by atoms with Gasteiger partial charge in [-0.15, -0.1) is 0 Å². The summed E-state index contributed by atoms with van der Waals surface area (Å²) in [6.07, 6.45) is 6.63. The molecule has 0 saturated heterocycles. The summed E-state index contributed by atoms with van der Waals surface area (Å²) in [4.78, 5) is 8.47. The fourth-order valence-corrected chi connectivity index (χ4v) is 0.814. The lowest BCUT2D eigenvalue weighted by atomic mass is 9.98. The molecule has 1 aliphatic rings. The minimum atomic E-state index is 0.00736. The first-order valence-corrected chi connectivity index (χ1v) is 3.92. The van der Waals surface area contributed by atoms with Crippen molar-refractivity contribution in [3.05, 3.63) is 11.9 Å². The molecule has 1 aliphatic heterocycles. The van der Waals surface area contributed by atoms with Gasteiger partial charge in [0, 0.05) is 24.0 Å². The molecule has 1 rings (SSSR count). The van der Waals surface area contributed by atoms with E-state index >= 15 is 0 Å². The van der Waals surface area contributed by atoms with E-state index in [-0.39, 0.29) is 5.41 Å². The average Bonchev–Trinajstić information content (AvgIpc) is 2.10. The third-order valence-electron chi connectivity index (χ3n) is 1.56. The van der Waals surface area contributed by atoms with Gasteiger partial charge in [-0.25, -0.2) is 0 Å². The van der Waals surface area contributed by atoms with Crippen molar-refractivity contribution in [3.63, 3.8) is 0 Å². The smallest absolute Gasteiger partial charge is 0.0579 e. The third-order valence-corrected chi connectivity index (χ3v) is 1.56. The summed E-state index contributed by atoms with van der Waals surface area (Å²) in [6, 6.07) is 0. The van der Waals surface area contributed by atoms with Gasteiger partial charge < -0.3 is 0 Å². The molecule has 2 nitrogen and oxygen atoms in total. The quantitative estimate of drug-likeness (QED) is 0.548. The van der Waals surface area contributed by atoms with Gasteiger partial charge in [0.1, 0.15) is 0 Å². The van der Waals surface area contributed by atoms with E-state index < -0.39 is 0 Å². The second-order valence-electron chi connectivity index (χ2n) is 3.33. The van der Waals surface area contributed by atoms with Gasteiger partial charge in [-0.1, -0.05) is 6.92 Å².